The van der Waals surface area contributed by atoms with E-state index >= 15 is 0 Å². The molecule has 3 aromatic carbocycles. The number of anilines is 1. The first-order valence-electron chi connectivity index (χ1n) is 9.29. The van der Waals surface area contributed by atoms with E-state index in [-0.39, 0.29) is 24.3 Å². The van der Waals surface area contributed by atoms with Crippen LogP contribution in [0.5, 0.6) is 5.75 Å². The van der Waals surface area contributed by atoms with Gasteiger partial charge in [0.2, 0.25) is 0 Å². The molecule has 0 saturated carbocycles. The molecule has 1 amide bonds. The molecule has 0 unspecified atom stereocenters. The number of hydrogen-bond donors (Lipinski definition) is 1. The average Bonchev–Trinajstić information content (AvgIpc) is 2.78. The van der Waals surface area contributed by atoms with Crippen molar-refractivity contribution in [3.8, 4) is 16.9 Å². The van der Waals surface area contributed by atoms with Crippen LogP contribution in [0.3, 0.4) is 0 Å². The maximum atomic E-state index is 12.1. The molecule has 0 aliphatic carbocycles. The first kappa shape index (κ1) is 20.8. The lowest BCUT2D eigenvalue weighted by Gasteiger charge is -2.09. The number of nitrogens with one attached hydrogen (secondary N) is 1. The van der Waals surface area contributed by atoms with Gasteiger partial charge in [0.1, 0.15) is 5.75 Å². The largest absolute Gasteiger partial charge is 0.484 e. The highest BCUT2D eigenvalue weighted by atomic mass is 16.5. The van der Waals surface area contributed by atoms with Crippen molar-refractivity contribution in [3.63, 3.8) is 0 Å². The maximum absolute atomic E-state index is 12.1. The standard InChI is InChI=1S/C24H21NO5/c1-16(26)20-4-3-5-21(14-20)25-23(27)15-30-22-12-10-18(11-13-22)17-6-8-19(9-7-17)24(28)29-2/h3-14H,15H2,1-2H3,(H,25,27). The number of Topliss-reactive ketones (excluding diaryl/α,β-unsaturated/α-hetero) is 1. The van der Waals surface area contributed by atoms with Crippen LogP contribution in [0.2, 0.25) is 0 Å². The van der Waals surface area contributed by atoms with Gasteiger partial charge in [-0.2, -0.15) is 0 Å². The van der Waals surface area contributed by atoms with E-state index in [1.165, 1.54) is 14.0 Å². The van der Waals surface area contributed by atoms with Crippen LogP contribution in [0.4, 0.5) is 5.69 Å². The van der Waals surface area contributed by atoms with Crippen molar-refractivity contribution in [1.29, 1.82) is 0 Å². The number of esters is 1. The van der Waals surface area contributed by atoms with E-state index in [0.717, 1.165) is 11.1 Å². The number of ether oxygens (including phenoxy) is 2. The Balaban J connectivity index is 1.56. The van der Waals surface area contributed by atoms with Crippen LogP contribution in [0, 0.1) is 0 Å². The number of amides is 1. The Morgan fingerprint density at radius 3 is 2.07 bits per heavy atom. The molecule has 0 atom stereocenters. The van der Waals surface area contributed by atoms with Crippen molar-refractivity contribution >= 4 is 23.3 Å². The van der Waals surface area contributed by atoms with Crippen LogP contribution in [-0.2, 0) is 9.53 Å². The van der Waals surface area contributed by atoms with Gasteiger partial charge >= 0.3 is 5.97 Å². The molecule has 30 heavy (non-hydrogen) atoms. The van der Waals surface area contributed by atoms with Crippen LogP contribution in [0.25, 0.3) is 11.1 Å². The third-order valence-electron chi connectivity index (χ3n) is 4.42. The Kier molecular flexibility index (Phi) is 6.60. The lowest BCUT2D eigenvalue weighted by molar-refractivity contribution is -0.118. The molecule has 0 aromatic heterocycles. The van der Waals surface area contributed by atoms with Crippen LogP contribution in [0.1, 0.15) is 27.6 Å². The Morgan fingerprint density at radius 2 is 1.47 bits per heavy atom. The van der Waals surface area contributed by atoms with Gasteiger partial charge in [-0.15, -0.1) is 0 Å². The lowest BCUT2D eigenvalue weighted by Crippen LogP contribution is -2.20. The average molecular weight is 403 g/mol. The maximum Gasteiger partial charge on any atom is 0.337 e. The molecule has 0 saturated heterocycles. The first-order chi connectivity index (χ1) is 14.5. The minimum Gasteiger partial charge on any atom is -0.484 e. The second-order valence-electron chi connectivity index (χ2n) is 6.57. The van der Waals surface area contributed by atoms with Crippen LogP contribution >= 0.6 is 0 Å². The minimum atomic E-state index is -0.378. The summed E-state index contributed by atoms with van der Waals surface area (Å²) in [5, 5.41) is 2.71. The molecule has 0 bridgehead atoms. The van der Waals surface area contributed by atoms with E-state index in [4.69, 9.17) is 9.47 Å². The zero-order valence-electron chi connectivity index (χ0n) is 16.7. The van der Waals surface area contributed by atoms with Crippen LogP contribution in [-0.4, -0.2) is 31.4 Å². The lowest BCUT2D eigenvalue weighted by atomic mass is 10.0. The summed E-state index contributed by atoms with van der Waals surface area (Å²) in [6, 6.07) is 21.1. The number of ketones is 1. The van der Waals surface area contributed by atoms with Gasteiger partial charge in [0.15, 0.2) is 12.4 Å². The molecule has 6 nitrogen and oxygen atoms in total. The summed E-state index contributed by atoms with van der Waals surface area (Å²) in [7, 11) is 1.35. The summed E-state index contributed by atoms with van der Waals surface area (Å²) in [6.45, 7) is 1.32. The zero-order valence-corrected chi connectivity index (χ0v) is 16.7. The molecular weight excluding hydrogens is 382 g/mol. The van der Waals surface area contributed by atoms with E-state index in [9.17, 15) is 14.4 Å². The zero-order chi connectivity index (χ0) is 21.5. The molecule has 0 aliphatic rings. The highest BCUT2D eigenvalue weighted by molar-refractivity contribution is 5.97. The predicted molar refractivity (Wildman–Crippen MR) is 114 cm³/mol. The van der Waals surface area contributed by atoms with Gasteiger partial charge in [-0.25, -0.2) is 4.79 Å². The highest BCUT2D eigenvalue weighted by Crippen LogP contribution is 2.23. The topological polar surface area (TPSA) is 81.7 Å². The van der Waals surface area contributed by atoms with Gasteiger partial charge in [0.05, 0.1) is 12.7 Å². The van der Waals surface area contributed by atoms with Gasteiger partial charge < -0.3 is 14.8 Å². The van der Waals surface area contributed by atoms with Crippen molar-refractivity contribution in [1.82, 2.24) is 0 Å². The van der Waals surface area contributed by atoms with Crippen molar-refractivity contribution in [3.05, 3.63) is 83.9 Å². The Hall–Kier alpha value is -3.93. The second-order valence-corrected chi connectivity index (χ2v) is 6.57. The molecular formula is C24H21NO5. The van der Waals surface area contributed by atoms with E-state index < -0.39 is 0 Å². The Labute approximate surface area is 174 Å². The molecule has 1 N–H and O–H groups in total. The van der Waals surface area contributed by atoms with Crippen molar-refractivity contribution in [2.75, 3.05) is 19.0 Å². The second kappa shape index (κ2) is 9.52. The molecule has 6 heteroatoms. The summed E-state index contributed by atoms with van der Waals surface area (Å²) in [6.07, 6.45) is 0. The predicted octanol–water partition coefficient (Wildman–Crippen LogP) is 4.36. The quantitative estimate of drug-likeness (QED) is 0.468. The summed E-state index contributed by atoms with van der Waals surface area (Å²) >= 11 is 0. The Morgan fingerprint density at radius 1 is 0.833 bits per heavy atom. The summed E-state index contributed by atoms with van der Waals surface area (Å²) < 4.78 is 10.2. The molecule has 3 rings (SSSR count). The van der Waals surface area contributed by atoms with Gasteiger partial charge in [0.25, 0.3) is 5.91 Å². The number of methoxy groups -OCH3 is 1. The normalized spacial score (nSPS) is 10.2. The van der Waals surface area contributed by atoms with Gasteiger partial charge in [-0.3, -0.25) is 9.59 Å². The number of carbonyl (C=O) groups excluding carboxylic acids is 3. The van der Waals surface area contributed by atoms with E-state index in [1.54, 1.807) is 48.5 Å². The van der Waals surface area contributed by atoms with E-state index in [0.29, 0.717) is 22.6 Å². The number of benzene rings is 3. The van der Waals surface area contributed by atoms with Crippen molar-refractivity contribution in [2.24, 2.45) is 0 Å². The fourth-order valence-corrected chi connectivity index (χ4v) is 2.82. The number of rotatable bonds is 7. The third-order valence-corrected chi connectivity index (χ3v) is 4.42. The molecule has 0 radical (unpaired) electrons. The molecule has 152 valence electrons. The monoisotopic (exact) mass is 403 g/mol. The molecule has 3 aromatic rings. The van der Waals surface area contributed by atoms with Crippen molar-refractivity contribution < 1.29 is 23.9 Å². The number of carbonyl (C=O) groups is 3. The van der Waals surface area contributed by atoms with Gasteiger partial charge in [-0.1, -0.05) is 36.4 Å². The van der Waals surface area contributed by atoms with Crippen molar-refractivity contribution in [2.45, 2.75) is 6.92 Å². The smallest absolute Gasteiger partial charge is 0.337 e. The van der Waals surface area contributed by atoms with Gasteiger partial charge in [-0.05, 0) is 54.4 Å². The number of hydrogen-bond acceptors (Lipinski definition) is 5. The molecule has 0 spiro atoms. The molecule has 0 fully saturated rings. The summed E-state index contributed by atoms with van der Waals surface area (Å²) in [4.78, 5) is 35.0. The van der Waals surface area contributed by atoms with Gasteiger partial charge in [0, 0.05) is 11.3 Å². The SMILES string of the molecule is COC(=O)c1ccc(-c2ccc(OCC(=O)Nc3cccc(C(C)=O)c3)cc2)cc1. The molecule has 0 heterocycles. The molecule has 0 aliphatic heterocycles. The van der Waals surface area contributed by atoms with E-state index in [1.807, 2.05) is 24.3 Å². The van der Waals surface area contributed by atoms with E-state index in [2.05, 4.69) is 5.32 Å². The van der Waals surface area contributed by atoms with Crippen LogP contribution in [0.15, 0.2) is 72.8 Å². The summed E-state index contributed by atoms with van der Waals surface area (Å²) in [5.41, 5.74) is 3.45. The highest BCUT2D eigenvalue weighted by Gasteiger charge is 2.08. The van der Waals surface area contributed by atoms with Crippen LogP contribution < -0.4 is 10.1 Å². The Bertz CT molecular complexity index is 1060. The summed E-state index contributed by atoms with van der Waals surface area (Å²) in [5.74, 6) is -0.213. The minimum absolute atomic E-state index is 0.0672. The fraction of sp³-hybridized carbons (Fsp3) is 0.125. The third kappa shape index (κ3) is 5.32. The fourth-order valence-electron chi connectivity index (χ4n) is 2.82. The first-order valence-corrected chi connectivity index (χ1v) is 9.29.